The Morgan fingerprint density at radius 2 is 2.13 bits per heavy atom. The number of para-hydroxylation sites is 1. The number of hydrogen-bond donors (Lipinski definition) is 0. The van der Waals surface area contributed by atoms with Gasteiger partial charge >= 0.3 is 0 Å². The predicted molar refractivity (Wildman–Crippen MR) is 92.9 cm³/mol. The van der Waals surface area contributed by atoms with Crippen LogP contribution in [0.1, 0.15) is 5.56 Å². The molecular formula is C16H16N4OS2. The van der Waals surface area contributed by atoms with Crippen LogP contribution in [0.5, 0.6) is 0 Å². The molecule has 0 aliphatic heterocycles. The summed E-state index contributed by atoms with van der Waals surface area (Å²) in [5, 5.41) is 9.06. The molecule has 0 radical (unpaired) electrons. The maximum Gasteiger partial charge on any atom is 0.233 e. The van der Waals surface area contributed by atoms with Crippen LogP contribution in [-0.4, -0.2) is 38.4 Å². The zero-order valence-corrected chi connectivity index (χ0v) is 14.3. The van der Waals surface area contributed by atoms with Crippen molar-refractivity contribution in [2.45, 2.75) is 11.7 Å². The molecule has 0 aliphatic carbocycles. The highest BCUT2D eigenvalue weighted by Gasteiger charge is 2.12. The second kappa shape index (κ2) is 7.43. The van der Waals surface area contributed by atoms with Gasteiger partial charge in [-0.2, -0.15) is 11.3 Å². The van der Waals surface area contributed by atoms with E-state index in [4.69, 9.17) is 0 Å². The number of amides is 1. The van der Waals surface area contributed by atoms with Crippen LogP contribution in [0, 0.1) is 0 Å². The van der Waals surface area contributed by atoms with Crippen LogP contribution in [0.2, 0.25) is 0 Å². The summed E-state index contributed by atoms with van der Waals surface area (Å²) in [4.78, 5) is 18.1. The molecule has 0 saturated carbocycles. The largest absolute Gasteiger partial charge is 0.341 e. The Kier molecular flexibility index (Phi) is 5.09. The van der Waals surface area contributed by atoms with Crippen LogP contribution in [0.15, 0.2) is 58.6 Å². The van der Waals surface area contributed by atoms with E-state index in [0.717, 1.165) is 11.3 Å². The smallest absolute Gasteiger partial charge is 0.233 e. The fraction of sp³-hybridized carbons (Fsp3) is 0.188. The molecule has 1 amide bonds. The molecule has 0 N–H and O–H groups in total. The molecule has 3 aromatic rings. The fourth-order valence-electron chi connectivity index (χ4n) is 2.00. The molecule has 3 rings (SSSR count). The first-order valence-electron chi connectivity index (χ1n) is 7.07. The molecule has 118 valence electrons. The highest BCUT2D eigenvalue weighted by molar-refractivity contribution is 7.99. The van der Waals surface area contributed by atoms with Crippen LogP contribution in [0.4, 0.5) is 0 Å². The molecule has 7 heteroatoms. The molecule has 23 heavy (non-hydrogen) atoms. The van der Waals surface area contributed by atoms with Crippen molar-refractivity contribution in [2.24, 2.45) is 0 Å². The Bertz CT molecular complexity index is 756. The van der Waals surface area contributed by atoms with Gasteiger partial charge in [0.2, 0.25) is 11.1 Å². The molecule has 5 nitrogen and oxygen atoms in total. The van der Waals surface area contributed by atoms with Crippen molar-refractivity contribution >= 4 is 29.0 Å². The van der Waals surface area contributed by atoms with E-state index in [9.17, 15) is 4.79 Å². The van der Waals surface area contributed by atoms with E-state index in [-0.39, 0.29) is 5.91 Å². The SMILES string of the molecule is CN(Cc1ccsc1)C(=O)CSc1ncn(-c2ccccc2)n1. The molecule has 0 saturated heterocycles. The number of benzene rings is 1. The van der Waals surface area contributed by atoms with Crippen molar-refractivity contribution < 1.29 is 4.79 Å². The maximum atomic E-state index is 12.2. The van der Waals surface area contributed by atoms with E-state index in [0.29, 0.717) is 17.5 Å². The van der Waals surface area contributed by atoms with Gasteiger partial charge < -0.3 is 4.90 Å². The monoisotopic (exact) mass is 344 g/mol. The Morgan fingerprint density at radius 1 is 1.30 bits per heavy atom. The average molecular weight is 344 g/mol. The number of rotatable bonds is 6. The molecule has 0 spiro atoms. The average Bonchev–Trinajstić information content (AvgIpc) is 3.25. The van der Waals surface area contributed by atoms with Crippen molar-refractivity contribution in [3.05, 3.63) is 59.0 Å². The van der Waals surface area contributed by atoms with Crippen LogP contribution in [-0.2, 0) is 11.3 Å². The number of thioether (sulfide) groups is 1. The second-order valence-electron chi connectivity index (χ2n) is 4.98. The summed E-state index contributed by atoms with van der Waals surface area (Å²) >= 11 is 2.99. The van der Waals surface area contributed by atoms with E-state index in [2.05, 4.69) is 15.5 Å². The number of hydrogen-bond acceptors (Lipinski definition) is 5. The van der Waals surface area contributed by atoms with Crippen molar-refractivity contribution in [3.8, 4) is 5.69 Å². The number of thiophene rings is 1. The zero-order chi connectivity index (χ0) is 16.1. The van der Waals surface area contributed by atoms with Gasteiger partial charge in [0.1, 0.15) is 6.33 Å². The summed E-state index contributed by atoms with van der Waals surface area (Å²) < 4.78 is 1.71. The third kappa shape index (κ3) is 4.20. The van der Waals surface area contributed by atoms with Gasteiger partial charge in [0.05, 0.1) is 11.4 Å². The molecule has 2 heterocycles. The Morgan fingerprint density at radius 3 is 2.87 bits per heavy atom. The van der Waals surface area contributed by atoms with Crippen molar-refractivity contribution in [3.63, 3.8) is 0 Å². The lowest BCUT2D eigenvalue weighted by Gasteiger charge is -2.15. The van der Waals surface area contributed by atoms with Crippen molar-refractivity contribution in [1.29, 1.82) is 0 Å². The molecule has 0 aliphatic rings. The van der Waals surface area contributed by atoms with Gasteiger partial charge in [-0.3, -0.25) is 4.79 Å². The van der Waals surface area contributed by atoms with E-state index >= 15 is 0 Å². The minimum Gasteiger partial charge on any atom is -0.341 e. The summed E-state index contributed by atoms with van der Waals surface area (Å²) in [6.07, 6.45) is 1.66. The minimum atomic E-state index is 0.0669. The molecule has 0 bridgehead atoms. The standard InChI is InChI=1S/C16H16N4OS2/c1-19(9-13-7-8-22-10-13)15(21)11-23-16-17-12-20(18-16)14-5-3-2-4-6-14/h2-8,10,12H,9,11H2,1H3. The summed E-state index contributed by atoms with van der Waals surface area (Å²) in [7, 11) is 1.82. The minimum absolute atomic E-state index is 0.0669. The highest BCUT2D eigenvalue weighted by Crippen LogP contribution is 2.15. The van der Waals surface area contributed by atoms with Crippen LogP contribution >= 0.6 is 23.1 Å². The molecule has 0 fully saturated rings. The topological polar surface area (TPSA) is 51.0 Å². The third-order valence-corrected chi connectivity index (χ3v) is 4.81. The van der Waals surface area contributed by atoms with Crippen LogP contribution in [0.3, 0.4) is 0 Å². The van der Waals surface area contributed by atoms with Gasteiger partial charge in [0.15, 0.2) is 0 Å². The lowest BCUT2D eigenvalue weighted by Crippen LogP contribution is -2.27. The molecule has 2 aromatic heterocycles. The quantitative estimate of drug-likeness (QED) is 0.645. The Hall–Kier alpha value is -2.12. The van der Waals surface area contributed by atoms with Crippen LogP contribution < -0.4 is 0 Å². The fourth-order valence-corrected chi connectivity index (χ4v) is 3.40. The van der Waals surface area contributed by atoms with Crippen molar-refractivity contribution in [1.82, 2.24) is 19.7 Å². The maximum absolute atomic E-state index is 12.2. The molecule has 0 unspecified atom stereocenters. The number of aromatic nitrogens is 3. The van der Waals surface area contributed by atoms with E-state index in [1.165, 1.54) is 11.8 Å². The van der Waals surface area contributed by atoms with Gasteiger partial charge in [-0.1, -0.05) is 30.0 Å². The first kappa shape index (κ1) is 15.8. The van der Waals surface area contributed by atoms with Crippen LogP contribution in [0.25, 0.3) is 5.69 Å². The Labute approximate surface area is 143 Å². The van der Waals surface area contributed by atoms with Crippen molar-refractivity contribution in [2.75, 3.05) is 12.8 Å². The van der Waals surface area contributed by atoms with Gasteiger partial charge in [0, 0.05) is 13.6 Å². The van der Waals surface area contributed by atoms with Gasteiger partial charge in [-0.25, -0.2) is 9.67 Å². The third-order valence-electron chi connectivity index (χ3n) is 3.24. The first-order chi connectivity index (χ1) is 11.2. The van der Waals surface area contributed by atoms with E-state index < -0.39 is 0 Å². The highest BCUT2D eigenvalue weighted by atomic mass is 32.2. The molecule has 0 atom stereocenters. The lowest BCUT2D eigenvalue weighted by atomic mass is 10.3. The number of carbonyl (C=O) groups is 1. The molecule has 1 aromatic carbocycles. The predicted octanol–water partition coefficient (Wildman–Crippen LogP) is 3.08. The number of carbonyl (C=O) groups excluding carboxylic acids is 1. The van der Waals surface area contributed by atoms with Gasteiger partial charge in [-0.15, -0.1) is 5.10 Å². The summed E-state index contributed by atoms with van der Waals surface area (Å²) in [5.74, 6) is 0.400. The van der Waals surface area contributed by atoms with Gasteiger partial charge in [0.25, 0.3) is 0 Å². The molecular weight excluding hydrogens is 328 g/mol. The second-order valence-corrected chi connectivity index (χ2v) is 6.70. The summed E-state index contributed by atoms with van der Waals surface area (Å²) in [6, 6.07) is 11.8. The Balaban J connectivity index is 1.54. The lowest BCUT2D eigenvalue weighted by molar-refractivity contribution is -0.127. The summed E-state index contributed by atoms with van der Waals surface area (Å²) in [5.41, 5.74) is 2.11. The van der Waals surface area contributed by atoms with E-state index in [1.807, 2.05) is 48.8 Å². The van der Waals surface area contributed by atoms with Gasteiger partial charge in [-0.05, 0) is 34.5 Å². The normalized spacial score (nSPS) is 10.7. The summed E-state index contributed by atoms with van der Waals surface area (Å²) in [6.45, 7) is 0.634. The van der Waals surface area contributed by atoms with E-state index in [1.54, 1.807) is 27.2 Å². The zero-order valence-electron chi connectivity index (χ0n) is 12.6. The number of nitrogens with zero attached hydrogens (tertiary/aromatic N) is 4. The first-order valence-corrected chi connectivity index (χ1v) is 9.00.